The number of rotatable bonds is 18. The van der Waals surface area contributed by atoms with Gasteiger partial charge in [-0.15, -0.1) is 0 Å². The maximum Gasteiger partial charge on any atom is 0.183 e. The summed E-state index contributed by atoms with van der Waals surface area (Å²) < 4.78 is 23.7. The first-order valence-corrected chi connectivity index (χ1v) is 21.1. The summed E-state index contributed by atoms with van der Waals surface area (Å²) in [4.78, 5) is 0. The maximum absolute atomic E-state index is 5.91. The van der Waals surface area contributed by atoms with Crippen LogP contribution in [0.1, 0.15) is 73.7 Å². The molecule has 0 heterocycles. The van der Waals surface area contributed by atoms with E-state index in [0.29, 0.717) is 26.4 Å². The second kappa shape index (κ2) is 21.2. The second-order valence-corrected chi connectivity index (χ2v) is 14.3. The lowest BCUT2D eigenvalue weighted by Gasteiger charge is -2.26. The number of hydrogen-bond acceptors (Lipinski definition) is 4. The number of ether oxygens (including phenoxy) is 4. The van der Waals surface area contributed by atoms with Crippen LogP contribution in [0, 0.1) is 0 Å². The molecule has 0 aromatic heterocycles. The van der Waals surface area contributed by atoms with Crippen LogP contribution in [0.25, 0.3) is 68.8 Å². The number of benzene rings is 7. The molecule has 0 saturated carbocycles. The van der Waals surface area contributed by atoms with Gasteiger partial charge in [-0.05, 0) is 94.5 Å². The lowest BCUT2D eigenvalue weighted by Crippen LogP contribution is -2.08. The highest BCUT2D eigenvalue weighted by molar-refractivity contribution is 6.09. The Morgan fingerprint density at radius 3 is 0.800 bits per heavy atom. The van der Waals surface area contributed by atoms with Crippen LogP contribution in [-0.4, -0.2) is 26.4 Å². The van der Waals surface area contributed by atoms with E-state index < -0.39 is 12.6 Å². The van der Waals surface area contributed by atoms with Crippen molar-refractivity contribution in [1.29, 1.82) is 0 Å². The van der Waals surface area contributed by atoms with Crippen molar-refractivity contribution in [3.63, 3.8) is 0 Å². The van der Waals surface area contributed by atoms with Gasteiger partial charge in [0.1, 0.15) is 0 Å². The minimum atomic E-state index is -0.394. The van der Waals surface area contributed by atoms with Crippen LogP contribution in [-0.2, 0) is 18.9 Å². The van der Waals surface area contributed by atoms with E-state index in [9.17, 15) is 0 Å². The Morgan fingerprint density at radius 1 is 0.317 bits per heavy atom. The van der Waals surface area contributed by atoms with Crippen molar-refractivity contribution < 1.29 is 18.9 Å². The smallest absolute Gasteiger partial charge is 0.183 e. The maximum atomic E-state index is 5.91. The van der Waals surface area contributed by atoms with E-state index in [1.807, 2.05) is 27.7 Å². The highest BCUT2D eigenvalue weighted by Gasteiger charge is 2.25. The molecule has 0 aliphatic heterocycles. The summed E-state index contributed by atoms with van der Waals surface area (Å²) >= 11 is 0. The molecule has 0 N–H and O–H groups in total. The molecule has 60 heavy (non-hydrogen) atoms. The third-order valence-electron chi connectivity index (χ3n) is 10.4. The first-order chi connectivity index (χ1) is 29.6. The minimum Gasteiger partial charge on any atom is -0.349 e. The predicted octanol–water partition coefficient (Wildman–Crippen LogP) is 14.8. The molecule has 0 atom stereocenters. The van der Waals surface area contributed by atoms with Gasteiger partial charge >= 0.3 is 0 Å². The molecule has 0 spiro atoms. The van der Waals surface area contributed by atoms with E-state index in [1.54, 1.807) is 0 Å². The van der Waals surface area contributed by atoms with Crippen molar-refractivity contribution in [2.24, 2.45) is 0 Å². The zero-order chi connectivity index (χ0) is 41.5. The van der Waals surface area contributed by atoms with Crippen molar-refractivity contribution in [2.75, 3.05) is 26.4 Å². The Kier molecular flexibility index (Phi) is 14.9. The standard InChI is InChI=1S/C56H54O4/c1-5-57-55(58-6-2)47-35-29-41(30-36-47)33-39-49-51(43-21-13-9-14-22-43)53(45-25-17-11-18-26-45)50(40-34-42-31-37-48(38-32-42)56(59-7-3)60-8-4)54(46-27-19-12-20-28-46)52(49)44-23-15-10-16-24-44/h9-40,55-56H,5-8H2,1-4H3/b39-33+,40-34+. The van der Waals surface area contributed by atoms with E-state index in [2.05, 4.69) is 194 Å². The lowest BCUT2D eigenvalue weighted by molar-refractivity contribution is -0.140. The average molecular weight is 791 g/mol. The molecule has 0 unspecified atom stereocenters. The van der Waals surface area contributed by atoms with Gasteiger partial charge in [-0.25, -0.2) is 0 Å². The van der Waals surface area contributed by atoms with Crippen molar-refractivity contribution in [3.8, 4) is 44.5 Å². The normalized spacial score (nSPS) is 11.7. The Bertz CT molecular complexity index is 2150. The average Bonchev–Trinajstić information content (AvgIpc) is 3.31. The first-order valence-electron chi connectivity index (χ1n) is 21.1. The Balaban J connectivity index is 1.52. The van der Waals surface area contributed by atoms with Crippen LogP contribution in [0.15, 0.2) is 170 Å². The third-order valence-corrected chi connectivity index (χ3v) is 10.4. The van der Waals surface area contributed by atoms with Crippen LogP contribution < -0.4 is 0 Å². The van der Waals surface area contributed by atoms with E-state index in [-0.39, 0.29) is 0 Å². The summed E-state index contributed by atoms with van der Waals surface area (Å²) in [6.45, 7) is 10.3. The van der Waals surface area contributed by atoms with Crippen LogP contribution in [0.5, 0.6) is 0 Å². The fraction of sp³-hybridized carbons (Fsp3) is 0.179. The monoisotopic (exact) mass is 790 g/mol. The van der Waals surface area contributed by atoms with Gasteiger partial charge in [0.15, 0.2) is 12.6 Å². The van der Waals surface area contributed by atoms with Crippen molar-refractivity contribution in [2.45, 2.75) is 40.3 Å². The summed E-state index contributed by atoms with van der Waals surface area (Å²) in [5.74, 6) is 0. The fourth-order valence-electron chi connectivity index (χ4n) is 7.71. The van der Waals surface area contributed by atoms with Gasteiger partial charge in [0.25, 0.3) is 0 Å². The van der Waals surface area contributed by atoms with Crippen molar-refractivity contribution in [1.82, 2.24) is 0 Å². The molecule has 0 aliphatic carbocycles. The van der Waals surface area contributed by atoms with Gasteiger partial charge in [-0.3, -0.25) is 0 Å². The van der Waals surface area contributed by atoms with E-state index in [0.717, 1.165) is 77.9 Å². The van der Waals surface area contributed by atoms with Crippen molar-refractivity contribution in [3.05, 3.63) is 203 Å². The SMILES string of the molecule is CCOC(OCC)c1ccc(/C=C/c2c(-c3ccccc3)c(-c3ccccc3)c(/C=C/c3ccc(C(OCC)OCC)cc3)c(-c3ccccc3)c2-c2ccccc2)cc1. The molecule has 0 saturated heterocycles. The quantitative estimate of drug-likeness (QED) is 0.0641. The van der Waals surface area contributed by atoms with Gasteiger partial charge in [-0.1, -0.05) is 194 Å². The summed E-state index contributed by atoms with van der Waals surface area (Å²) in [5.41, 5.74) is 15.6. The van der Waals surface area contributed by atoms with Gasteiger partial charge in [0.05, 0.1) is 0 Å². The molecule has 7 rings (SSSR count). The van der Waals surface area contributed by atoms with Gasteiger partial charge in [0, 0.05) is 37.6 Å². The molecule has 4 nitrogen and oxygen atoms in total. The zero-order valence-electron chi connectivity index (χ0n) is 35.1. The minimum absolute atomic E-state index is 0.394. The largest absolute Gasteiger partial charge is 0.349 e. The fourth-order valence-corrected chi connectivity index (χ4v) is 7.71. The zero-order valence-corrected chi connectivity index (χ0v) is 35.1. The lowest BCUT2D eigenvalue weighted by atomic mass is 9.77. The molecule has 4 heteroatoms. The highest BCUT2D eigenvalue weighted by atomic mass is 16.7. The Morgan fingerprint density at radius 2 is 0.567 bits per heavy atom. The van der Waals surface area contributed by atoms with Crippen molar-refractivity contribution >= 4 is 24.3 Å². The van der Waals surface area contributed by atoms with Crippen LogP contribution >= 0.6 is 0 Å². The molecular weight excluding hydrogens is 737 g/mol. The molecule has 0 amide bonds. The highest BCUT2D eigenvalue weighted by Crippen LogP contribution is 2.50. The summed E-state index contributed by atoms with van der Waals surface area (Å²) in [6, 6.07) is 60.2. The molecule has 0 bridgehead atoms. The summed E-state index contributed by atoms with van der Waals surface area (Å²) in [6.07, 6.45) is 8.28. The molecule has 302 valence electrons. The molecule has 0 aliphatic rings. The molecular formula is C56H54O4. The number of hydrogen-bond donors (Lipinski definition) is 0. The van der Waals surface area contributed by atoms with Gasteiger partial charge in [-0.2, -0.15) is 0 Å². The van der Waals surface area contributed by atoms with Crippen LogP contribution in [0.4, 0.5) is 0 Å². The van der Waals surface area contributed by atoms with Crippen LogP contribution in [0.2, 0.25) is 0 Å². The molecule has 7 aromatic carbocycles. The first kappa shape index (κ1) is 42.0. The van der Waals surface area contributed by atoms with E-state index in [1.165, 1.54) is 0 Å². The third kappa shape index (κ3) is 9.99. The molecule has 0 radical (unpaired) electrons. The molecule has 0 fully saturated rings. The Hall–Kier alpha value is -6.14. The molecule has 7 aromatic rings. The topological polar surface area (TPSA) is 36.9 Å². The van der Waals surface area contributed by atoms with Gasteiger partial charge < -0.3 is 18.9 Å². The van der Waals surface area contributed by atoms with Crippen LogP contribution in [0.3, 0.4) is 0 Å². The van der Waals surface area contributed by atoms with E-state index in [4.69, 9.17) is 18.9 Å². The second-order valence-electron chi connectivity index (χ2n) is 14.3. The van der Waals surface area contributed by atoms with E-state index >= 15 is 0 Å². The van der Waals surface area contributed by atoms with Gasteiger partial charge in [0.2, 0.25) is 0 Å². The summed E-state index contributed by atoms with van der Waals surface area (Å²) in [7, 11) is 0. The predicted molar refractivity (Wildman–Crippen MR) is 251 cm³/mol. The Labute approximate surface area is 356 Å². The summed E-state index contributed by atoms with van der Waals surface area (Å²) in [5, 5.41) is 0.